The number of carbonyl (C=O) groups excluding carboxylic acids is 4. The third-order valence-corrected chi connectivity index (χ3v) is 21.0. The highest BCUT2D eigenvalue weighted by atomic mass is 35.5. The Hall–Kier alpha value is -10.9. The van der Waals surface area contributed by atoms with E-state index in [1.165, 1.54) is 122 Å². The lowest BCUT2D eigenvalue weighted by molar-refractivity contribution is -0.142. The van der Waals surface area contributed by atoms with Gasteiger partial charge in [0.1, 0.15) is 18.4 Å². The summed E-state index contributed by atoms with van der Waals surface area (Å²) in [5.74, 6) is -1.90. The van der Waals surface area contributed by atoms with Gasteiger partial charge in [0.05, 0.1) is 81.4 Å². The smallest absolute Gasteiger partial charge is 0.317 e. The van der Waals surface area contributed by atoms with E-state index in [2.05, 4.69) is 19.4 Å². The molecular weight excluding hydrogens is 1680 g/mol. The number of aromatic hydroxyl groups is 1. The molecule has 28 nitrogen and oxygen atoms in total. The van der Waals surface area contributed by atoms with Crippen LogP contribution in [0.5, 0.6) is 46.0 Å². The van der Waals surface area contributed by atoms with Gasteiger partial charge in [-0.1, -0.05) is 30.3 Å². The fraction of sp³-hybridized carbons (Fsp3) is 0.427. The molecule has 36 heteroatoms. The number of nitriles is 1. The molecule has 1 aromatic heterocycles. The Morgan fingerprint density at radius 2 is 0.912 bits per heavy atom. The summed E-state index contributed by atoms with van der Waals surface area (Å²) in [6.45, 7) is 6.64. The molecule has 678 valence electrons. The molecule has 7 aromatic carbocycles. The number of hydrogen-bond acceptors (Lipinski definition) is 28. The number of aldehydes is 2. The predicted molar refractivity (Wildman–Crippen MR) is 434 cm³/mol. The molecule has 14 rings (SSSR count). The monoisotopic (exact) mass is 1780 g/mol. The van der Waals surface area contributed by atoms with E-state index in [-0.39, 0.29) is 161 Å². The van der Waals surface area contributed by atoms with Gasteiger partial charge < -0.3 is 101 Å². The number of cyclic esters (lactones) is 1. The SMILES string of the molecule is COCOc1ccc(C=O)cc1F.COCOc1ccc(CC#N)cc1F.COCOc1ccc([C@]2(CO)C[C@H]2CO)cc1F.COCOc1ccc([C@]2(CO)C[C@H]2COC(C)=O)cc1F.COCOc1ccc([C@]2(COc3cnc(C)nc3C)C[C@H]2CO)cc1F.COCOc1ccc([C@]23C[C@H]2COC3=O)cc1F.ClC[C@H]1CO1.O=Cc1ccc(O)c(F)c1. The molecule has 5 N–H and O–H groups in total. The maximum Gasteiger partial charge on any atom is 0.317 e. The molecule has 3 heterocycles. The van der Waals surface area contributed by atoms with Gasteiger partial charge in [0, 0.05) is 102 Å². The predicted octanol–water partition coefficient (Wildman–Crippen LogP) is 12.3. The second kappa shape index (κ2) is 49.7. The number of aliphatic hydroxyl groups is 4. The number of ether oxygens (including phenoxy) is 16. The third kappa shape index (κ3) is 28.6. The zero-order valence-corrected chi connectivity index (χ0v) is 70.9. The molecule has 2 aliphatic heterocycles. The molecule has 0 unspecified atom stereocenters. The van der Waals surface area contributed by atoms with Crippen molar-refractivity contribution in [2.45, 2.75) is 80.6 Å². The van der Waals surface area contributed by atoms with E-state index in [1.54, 1.807) is 36.5 Å². The van der Waals surface area contributed by atoms with Crippen molar-refractivity contribution in [1.82, 2.24) is 9.97 Å². The average molecular weight is 1780 g/mol. The summed E-state index contributed by atoms with van der Waals surface area (Å²) in [6.07, 6.45) is 6.15. The van der Waals surface area contributed by atoms with Crippen LogP contribution in [0.25, 0.3) is 0 Å². The van der Waals surface area contributed by atoms with Crippen molar-refractivity contribution in [2.24, 2.45) is 23.7 Å². The fourth-order valence-electron chi connectivity index (χ4n) is 13.2. The number of phenolic OH excluding ortho intramolecular Hbond substituents is 1. The second-order valence-electron chi connectivity index (χ2n) is 29.0. The van der Waals surface area contributed by atoms with Crippen LogP contribution in [0.4, 0.5) is 30.7 Å². The van der Waals surface area contributed by atoms with Gasteiger partial charge in [-0.25, -0.2) is 40.7 Å². The summed E-state index contributed by atoms with van der Waals surface area (Å²) in [5.41, 5.74) is 2.69. The standard InChI is InChI=1S/C19H23FN2O4.C15H19FO5.C13H13FO4.C13H17FO4.C10H10FNO2.C9H9FO3.C7H5FO2.C3H5ClO/c1-12-18(8-21-13(2)22-12)25-10-19(7-15(19)9-23)14-4-5-17(16(20)6-14)26-11-24-3;1-10(18)20-7-12-6-15(12,8-17)11-3-4-14(13(16)5-11)21-9-19-2;1-16-7-18-11-3-2-8(4-10(11)14)13-5-9(13)6-17-12(13)15;1-17-8-18-12-3-2-9(4-11(12)14)13(7-16)5-10(13)6-15;1-13-7-14-10-3-2-8(4-5-12)6-9(10)11;1-12-6-13-9-3-2-7(5-11)4-8(9)10;8-6-3-5(4-9)1-2-7(6)10;4-1-3-2-5-3/h4-6,8,15,23H,7,9-11H2,1-3H3;3-5,12,17H,6-9H2,1-2H3;2-4,9H,5-7H2,1H3;2-4,10,15-16H,5-8H2,1H3;2-3,6H,4,7H2,1H3;2-5H,6H2,1H3;1-4,10H;3H,1-2H2/t15-,19+;12-,15+;9-,13+;10-,13+;;;;3-/m0000...0/s1. The van der Waals surface area contributed by atoms with Crippen molar-refractivity contribution in [3.05, 3.63) is 225 Å². The number of phenols is 1. The maximum atomic E-state index is 14.3. The lowest BCUT2D eigenvalue weighted by Gasteiger charge is -2.20. The molecule has 6 aliphatic rings. The van der Waals surface area contributed by atoms with Crippen LogP contribution in [0, 0.1) is 89.6 Å². The Morgan fingerprint density at radius 1 is 0.520 bits per heavy atom. The Balaban J connectivity index is 0.000000201. The summed E-state index contributed by atoms with van der Waals surface area (Å²) >= 11 is 5.27. The number of aromatic nitrogens is 2. The molecule has 0 bridgehead atoms. The lowest BCUT2D eigenvalue weighted by Crippen LogP contribution is -2.22. The Bertz CT molecular complexity index is 4860. The zero-order chi connectivity index (χ0) is 91.4. The zero-order valence-electron chi connectivity index (χ0n) is 70.2. The average Bonchev–Trinajstić information content (AvgIpc) is 1.53. The van der Waals surface area contributed by atoms with Crippen LogP contribution in [0.3, 0.4) is 0 Å². The van der Waals surface area contributed by atoms with E-state index in [0.717, 1.165) is 48.9 Å². The molecule has 8 aromatic rings. The van der Waals surface area contributed by atoms with Crippen molar-refractivity contribution in [1.29, 1.82) is 5.26 Å². The topological polar surface area (TPSA) is 370 Å². The summed E-state index contributed by atoms with van der Waals surface area (Å²) in [4.78, 5) is 51.3. The van der Waals surface area contributed by atoms with Gasteiger partial charge in [0.25, 0.3) is 0 Å². The van der Waals surface area contributed by atoms with Crippen molar-refractivity contribution in [2.75, 3.05) is 142 Å². The number of rotatable bonds is 35. The molecule has 9 atom stereocenters. The van der Waals surface area contributed by atoms with E-state index < -0.39 is 68.1 Å². The molecular formula is C89H101ClF7N3O25. The quantitative estimate of drug-likeness (QED) is 0.00615. The van der Waals surface area contributed by atoms with E-state index in [4.69, 9.17) is 93.4 Å². The molecule has 0 amide bonds. The first-order valence-corrected chi connectivity index (χ1v) is 39.2. The number of carbonyl (C=O) groups is 4. The lowest BCUT2D eigenvalue weighted by atomic mass is 9.94. The summed E-state index contributed by atoms with van der Waals surface area (Å²) in [5, 5.41) is 54.9. The van der Waals surface area contributed by atoms with Gasteiger partial charge in [-0.3, -0.25) is 19.2 Å². The normalized spacial score (nSPS) is 20.5. The number of aryl methyl sites for hydroxylation is 2. The van der Waals surface area contributed by atoms with Crippen LogP contribution in [-0.4, -0.2) is 208 Å². The number of methoxy groups -OCH3 is 6. The first-order valence-electron chi connectivity index (χ1n) is 38.7. The van der Waals surface area contributed by atoms with Crippen molar-refractivity contribution in [3.63, 3.8) is 0 Å². The van der Waals surface area contributed by atoms with Crippen molar-refractivity contribution < 1.29 is 151 Å². The maximum absolute atomic E-state index is 14.3. The summed E-state index contributed by atoms with van der Waals surface area (Å²) in [7, 11) is 8.76. The minimum Gasteiger partial charge on any atom is -0.505 e. The molecule has 2 saturated heterocycles. The van der Waals surface area contributed by atoms with Gasteiger partial charge in [0.15, 0.2) is 127 Å². The molecule has 0 spiro atoms. The van der Waals surface area contributed by atoms with Gasteiger partial charge in [-0.05, 0) is 176 Å². The highest BCUT2D eigenvalue weighted by molar-refractivity contribution is 6.18. The number of fused-ring (bicyclic) bond motifs is 1. The molecule has 4 saturated carbocycles. The first kappa shape index (κ1) is 101. The molecule has 6 fully saturated rings. The fourth-order valence-corrected chi connectivity index (χ4v) is 13.3. The number of hydrogen-bond donors (Lipinski definition) is 5. The minimum atomic E-state index is -0.774. The van der Waals surface area contributed by atoms with Crippen LogP contribution in [0.15, 0.2) is 134 Å². The van der Waals surface area contributed by atoms with E-state index in [9.17, 15) is 65.2 Å². The Kier molecular flexibility index (Phi) is 40.3. The second-order valence-corrected chi connectivity index (χ2v) is 29.3. The molecule has 0 radical (unpaired) electrons. The number of benzene rings is 7. The van der Waals surface area contributed by atoms with Crippen LogP contribution in [0.1, 0.15) is 92.7 Å². The summed E-state index contributed by atoms with van der Waals surface area (Å²) in [6, 6.07) is 32.4. The Labute approximate surface area is 722 Å². The Morgan fingerprint density at radius 3 is 1.26 bits per heavy atom. The molecule has 125 heavy (non-hydrogen) atoms. The van der Waals surface area contributed by atoms with Gasteiger partial charge in [0.2, 0.25) is 0 Å². The van der Waals surface area contributed by atoms with Crippen LogP contribution in [-0.2, 0) is 80.3 Å². The summed E-state index contributed by atoms with van der Waals surface area (Å²) < 4.78 is 173. The number of aliphatic hydroxyl groups excluding tert-OH is 4. The van der Waals surface area contributed by atoms with Gasteiger partial charge >= 0.3 is 11.9 Å². The number of esters is 2. The number of epoxide rings is 1. The van der Waals surface area contributed by atoms with Crippen LogP contribution >= 0.6 is 11.6 Å². The largest absolute Gasteiger partial charge is 0.505 e. The van der Waals surface area contributed by atoms with E-state index in [1.807, 2.05) is 26.0 Å². The van der Waals surface area contributed by atoms with Crippen molar-refractivity contribution >= 4 is 36.1 Å². The number of halogens is 8. The van der Waals surface area contributed by atoms with Gasteiger partial charge in [-0.15, -0.1) is 11.6 Å². The molecule has 4 aliphatic carbocycles. The minimum absolute atomic E-state index is 0.00407. The third-order valence-electron chi connectivity index (χ3n) is 20.6. The number of nitrogens with zero attached hydrogens (tertiary/aromatic N) is 3. The van der Waals surface area contributed by atoms with Crippen LogP contribution in [0.2, 0.25) is 0 Å². The number of alkyl halides is 1. The van der Waals surface area contributed by atoms with E-state index in [0.29, 0.717) is 84.4 Å². The van der Waals surface area contributed by atoms with E-state index >= 15 is 0 Å². The highest BCUT2D eigenvalue weighted by Gasteiger charge is 2.67. The first-order chi connectivity index (χ1) is 60.1. The van der Waals surface area contributed by atoms with Crippen molar-refractivity contribution in [3.8, 4) is 52.1 Å². The van der Waals surface area contributed by atoms with Gasteiger partial charge in [-0.2, -0.15) is 5.26 Å². The van der Waals surface area contributed by atoms with Crippen LogP contribution < -0.4 is 33.2 Å². The highest BCUT2D eigenvalue weighted by Crippen LogP contribution is 2.60.